The summed E-state index contributed by atoms with van der Waals surface area (Å²) >= 11 is 0. The van der Waals surface area contributed by atoms with E-state index in [4.69, 9.17) is 0 Å². The van der Waals surface area contributed by atoms with Crippen LogP contribution >= 0.6 is 0 Å². The molecule has 0 bridgehead atoms. The fraction of sp³-hybridized carbons (Fsp3) is 0.250. The Kier molecular flexibility index (Phi) is 4.99. The molecule has 1 saturated heterocycles. The Morgan fingerprint density at radius 1 is 1.19 bits per heavy atom. The lowest BCUT2D eigenvalue weighted by Gasteiger charge is -2.35. The van der Waals surface area contributed by atoms with E-state index >= 15 is 0 Å². The monoisotopic (exact) mass is 383 g/mol. The molecule has 0 aromatic heterocycles. The summed E-state index contributed by atoms with van der Waals surface area (Å²) < 4.78 is 54.6. The maximum absolute atomic E-state index is 13.9. The van der Waals surface area contributed by atoms with E-state index in [1.54, 1.807) is 6.07 Å². The number of nitro groups is 1. The molecule has 10 heteroatoms. The molecule has 0 amide bonds. The number of hydrogen-bond acceptors (Lipinski definition) is 5. The summed E-state index contributed by atoms with van der Waals surface area (Å²) in [6, 6.07) is 7.63. The summed E-state index contributed by atoms with van der Waals surface area (Å²) in [6.45, 7) is 0.525. The molecular weight excluding hydrogens is 368 g/mol. The molecule has 1 aliphatic rings. The normalized spacial score (nSPS) is 18.6. The summed E-state index contributed by atoms with van der Waals surface area (Å²) in [5.74, 6) is -1.75. The Hall–Kier alpha value is -2.43. The van der Waals surface area contributed by atoms with Crippen molar-refractivity contribution in [2.24, 2.45) is 0 Å². The fourth-order valence-corrected chi connectivity index (χ4v) is 4.76. The number of nitrogens with one attached hydrogen (secondary N) is 1. The topological polar surface area (TPSA) is 92.5 Å². The molecule has 1 aliphatic heterocycles. The average Bonchev–Trinajstić information content (AvgIpc) is 2.61. The van der Waals surface area contributed by atoms with Crippen molar-refractivity contribution in [2.75, 3.05) is 19.6 Å². The van der Waals surface area contributed by atoms with Gasteiger partial charge < -0.3 is 5.32 Å². The van der Waals surface area contributed by atoms with E-state index < -0.39 is 43.2 Å². The smallest absolute Gasteiger partial charge is 0.313 e. The molecule has 3 rings (SSSR count). The number of rotatable bonds is 4. The summed E-state index contributed by atoms with van der Waals surface area (Å²) in [5.41, 5.74) is -0.691. The fourth-order valence-electron chi connectivity index (χ4n) is 2.98. The first kappa shape index (κ1) is 18.4. The zero-order valence-corrected chi connectivity index (χ0v) is 14.2. The number of sulfonamides is 1. The van der Waals surface area contributed by atoms with Gasteiger partial charge in [-0.25, -0.2) is 12.8 Å². The van der Waals surface area contributed by atoms with Crippen LogP contribution < -0.4 is 5.32 Å². The van der Waals surface area contributed by atoms with Crippen molar-refractivity contribution >= 4 is 15.7 Å². The highest BCUT2D eigenvalue weighted by atomic mass is 32.2. The van der Waals surface area contributed by atoms with Crippen LogP contribution in [-0.4, -0.2) is 37.3 Å². The molecular formula is C16H15F2N3O4S. The Morgan fingerprint density at radius 2 is 1.92 bits per heavy atom. The largest absolute Gasteiger partial charge is 0.324 e. The molecule has 1 unspecified atom stereocenters. The minimum atomic E-state index is -4.38. The zero-order chi connectivity index (χ0) is 18.9. The van der Waals surface area contributed by atoms with Gasteiger partial charge in [-0.05, 0) is 29.8 Å². The van der Waals surface area contributed by atoms with Gasteiger partial charge in [0.2, 0.25) is 5.82 Å². The first-order valence-corrected chi connectivity index (χ1v) is 9.17. The van der Waals surface area contributed by atoms with Crippen LogP contribution in [0.3, 0.4) is 0 Å². The molecule has 0 aliphatic carbocycles. The third-order valence-electron chi connectivity index (χ3n) is 4.15. The Bertz CT molecular complexity index is 952. The molecule has 1 atom stereocenters. The Balaban J connectivity index is 2.11. The Labute approximate surface area is 148 Å². The van der Waals surface area contributed by atoms with Crippen molar-refractivity contribution < 1.29 is 22.1 Å². The van der Waals surface area contributed by atoms with Gasteiger partial charge >= 0.3 is 5.69 Å². The molecule has 26 heavy (non-hydrogen) atoms. The first-order chi connectivity index (χ1) is 12.3. The standard InChI is InChI=1S/C16H15F2N3O4S/c17-12-4-1-3-11(9-12)14-10-19-7-8-20(14)26(24,25)15-6-2-5-13(18)16(15)21(22)23/h1-6,9,14,19H,7-8,10H2. The molecule has 1 fully saturated rings. The summed E-state index contributed by atoms with van der Waals surface area (Å²) in [5, 5.41) is 14.2. The SMILES string of the molecule is O=[N+]([O-])c1c(F)cccc1S(=O)(=O)N1CCNCC1c1cccc(F)c1. The summed E-state index contributed by atoms with van der Waals surface area (Å²) in [7, 11) is -4.38. The van der Waals surface area contributed by atoms with Crippen molar-refractivity contribution in [1.82, 2.24) is 9.62 Å². The van der Waals surface area contributed by atoms with E-state index in [0.29, 0.717) is 12.1 Å². The van der Waals surface area contributed by atoms with Gasteiger partial charge in [-0.1, -0.05) is 18.2 Å². The van der Waals surface area contributed by atoms with Gasteiger partial charge in [0, 0.05) is 19.6 Å². The molecule has 138 valence electrons. The average molecular weight is 383 g/mol. The van der Waals surface area contributed by atoms with Crippen molar-refractivity contribution in [3.05, 3.63) is 69.8 Å². The van der Waals surface area contributed by atoms with Crippen LogP contribution in [0.5, 0.6) is 0 Å². The molecule has 1 N–H and O–H groups in total. The van der Waals surface area contributed by atoms with Gasteiger partial charge in [0.25, 0.3) is 10.0 Å². The van der Waals surface area contributed by atoms with Crippen LogP contribution in [0.25, 0.3) is 0 Å². The minimum absolute atomic E-state index is 0.0111. The maximum Gasteiger partial charge on any atom is 0.324 e. The van der Waals surface area contributed by atoms with Crippen LogP contribution in [0.2, 0.25) is 0 Å². The van der Waals surface area contributed by atoms with E-state index in [9.17, 15) is 27.3 Å². The summed E-state index contributed by atoms with van der Waals surface area (Å²) in [4.78, 5) is 9.42. The molecule has 2 aromatic carbocycles. The van der Waals surface area contributed by atoms with Gasteiger partial charge in [-0.2, -0.15) is 8.70 Å². The lowest BCUT2D eigenvalue weighted by Crippen LogP contribution is -2.48. The molecule has 7 nitrogen and oxygen atoms in total. The number of para-hydroxylation sites is 1. The van der Waals surface area contributed by atoms with Crippen molar-refractivity contribution in [3.63, 3.8) is 0 Å². The third kappa shape index (κ3) is 3.30. The highest BCUT2D eigenvalue weighted by molar-refractivity contribution is 7.89. The number of piperazine rings is 1. The van der Waals surface area contributed by atoms with Gasteiger partial charge in [0.05, 0.1) is 11.0 Å². The molecule has 1 heterocycles. The van der Waals surface area contributed by atoms with Crippen molar-refractivity contribution in [1.29, 1.82) is 0 Å². The third-order valence-corrected chi connectivity index (χ3v) is 6.09. The van der Waals surface area contributed by atoms with Crippen molar-refractivity contribution in [2.45, 2.75) is 10.9 Å². The quantitative estimate of drug-likeness (QED) is 0.646. The van der Waals surface area contributed by atoms with Gasteiger partial charge in [0.15, 0.2) is 4.90 Å². The zero-order valence-electron chi connectivity index (χ0n) is 13.4. The van der Waals surface area contributed by atoms with Crippen LogP contribution in [-0.2, 0) is 10.0 Å². The molecule has 0 spiro atoms. The summed E-state index contributed by atoms with van der Waals surface area (Å²) in [6.07, 6.45) is 0. The lowest BCUT2D eigenvalue weighted by molar-refractivity contribution is -0.390. The second-order valence-corrected chi connectivity index (χ2v) is 7.59. The Morgan fingerprint density at radius 3 is 2.62 bits per heavy atom. The van der Waals surface area contributed by atoms with Gasteiger partial charge in [-0.3, -0.25) is 10.1 Å². The predicted molar refractivity (Wildman–Crippen MR) is 89.0 cm³/mol. The first-order valence-electron chi connectivity index (χ1n) is 7.73. The van der Waals surface area contributed by atoms with Gasteiger partial charge in [-0.15, -0.1) is 0 Å². The number of nitro benzene ring substituents is 1. The second-order valence-electron chi connectivity index (χ2n) is 5.73. The van der Waals surface area contributed by atoms with E-state index in [-0.39, 0.29) is 13.1 Å². The highest BCUT2D eigenvalue weighted by Gasteiger charge is 2.39. The molecule has 0 saturated carbocycles. The van der Waals surface area contributed by atoms with Gasteiger partial charge in [0.1, 0.15) is 5.82 Å². The molecule has 0 radical (unpaired) electrons. The van der Waals surface area contributed by atoms with Crippen LogP contribution in [0.1, 0.15) is 11.6 Å². The van der Waals surface area contributed by atoms with Crippen LogP contribution in [0.15, 0.2) is 47.4 Å². The lowest BCUT2D eigenvalue weighted by atomic mass is 10.1. The van der Waals surface area contributed by atoms with Crippen molar-refractivity contribution in [3.8, 4) is 0 Å². The van der Waals surface area contributed by atoms with E-state index in [2.05, 4.69) is 5.32 Å². The van der Waals surface area contributed by atoms with E-state index in [1.807, 2.05) is 0 Å². The van der Waals surface area contributed by atoms with Crippen LogP contribution in [0, 0.1) is 21.7 Å². The predicted octanol–water partition coefficient (Wildman–Crippen LogP) is 2.21. The van der Waals surface area contributed by atoms with E-state index in [0.717, 1.165) is 22.5 Å². The maximum atomic E-state index is 13.9. The minimum Gasteiger partial charge on any atom is -0.313 e. The molecule has 2 aromatic rings. The highest BCUT2D eigenvalue weighted by Crippen LogP contribution is 2.34. The van der Waals surface area contributed by atoms with Crippen LogP contribution in [0.4, 0.5) is 14.5 Å². The number of benzene rings is 2. The number of halogens is 2. The van der Waals surface area contributed by atoms with E-state index in [1.165, 1.54) is 18.2 Å². The second kappa shape index (κ2) is 7.06. The number of nitrogens with zero attached hydrogens (tertiary/aromatic N) is 2. The number of hydrogen-bond donors (Lipinski definition) is 1.